The molecule has 84 valence electrons. The minimum absolute atomic E-state index is 0.0615. The van der Waals surface area contributed by atoms with Gasteiger partial charge in [0.25, 0.3) is 0 Å². The maximum atomic E-state index is 11.3. The minimum atomic E-state index is -0.787. The van der Waals surface area contributed by atoms with Crippen molar-refractivity contribution in [2.24, 2.45) is 11.3 Å². The van der Waals surface area contributed by atoms with Crippen LogP contribution >= 0.6 is 0 Å². The van der Waals surface area contributed by atoms with Gasteiger partial charge in [-0.25, -0.2) is 0 Å². The third-order valence-corrected chi connectivity index (χ3v) is 4.35. The molecule has 1 aliphatic carbocycles. The number of carboxylic acid groups (broad SMARTS) is 1. The molecule has 1 aliphatic heterocycles. The topological polar surface area (TPSA) is 63.6 Å². The fourth-order valence-corrected chi connectivity index (χ4v) is 3.11. The summed E-state index contributed by atoms with van der Waals surface area (Å²) in [5.41, 5.74) is -0.729. The Morgan fingerprint density at radius 3 is 2.87 bits per heavy atom. The molecule has 0 amide bonds. The molecule has 0 aromatic carbocycles. The van der Waals surface area contributed by atoms with Crippen LogP contribution in [-0.4, -0.2) is 22.6 Å². The van der Waals surface area contributed by atoms with Gasteiger partial charge in [0.2, 0.25) is 0 Å². The van der Waals surface area contributed by atoms with Gasteiger partial charge in [-0.2, -0.15) is 0 Å². The number of esters is 1. The number of carboxylic acids is 1. The van der Waals surface area contributed by atoms with Crippen LogP contribution in [0.15, 0.2) is 0 Å². The van der Waals surface area contributed by atoms with E-state index < -0.39 is 11.6 Å². The summed E-state index contributed by atoms with van der Waals surface area (Å²) < 4.78 is 5.36. The lowest BCUT2D eigenvalue weighted by molar-refractivity contribution is -0.148. The normalized spacial score (nSPS) is 43.9. The molecule has 2 fully saturated rings. The van der Waals surface area contributed by atoms with Gasteiger partial charge in [-0.3, -0.25) is 9.59 Å². The van der Waals surface area contributed by atoms with Gasteiger partial charge in [-0.15, -0.1) is 0 Å². The Hall–Kier alpha value is -1.06. The molecule has 2 rings (SSSR count). The van der Waals surface area contributed by atoms with Gasteiger partial charge in [-0.05, 0) is 25.7 Å². The van der Waals surface area contributed by atoms with Crippen molar-refractivity contribution in [1.29, 1.82) is 0 Å². The van der Waals surface area contributed by atoms with E-state index in [1.807, 2.05) is 13.8 Å². The van der Waals surface area contributed by atoms with Crippen LogP contribution in [0.4, 0.5) is 0 Å². The van der Waals surface area contributed by atoms with Crippen molar-refractivity contribution in [1.82, 2.24) is 0 Å². The highest BCUT2D eigenvalue weighted by atomic mass is 16.6. The van der Waals surface area contributed by atoms with E-state index in [1.54, 1.807) is 0 Å². The Labute approximate surface area is 88.6 Å². The Bertz CT molecular complexity index is 325. The van der Waals surface area contributed by atoms with Crippen molar-refractivity contribution in [2.45, 2.75) is 45.1 Å². The van der Waals surface area contributed by atoms with E-state index in [1.165, 1.54) is 0 Å². The molecule has 1 saturated heterocycles. The van der Waals surface area contributed by atoms with Crippen LogP contribution in [0.5, 0.6) is 0 Å². The number of carbonyl (C=O) groups is 2. The fraction of sp³-hybridized carbons (Fsp3) is 0.818. The molecular weight excluding hydrogens is 196 g/mol. The molecule has 0 aromatic rings. The zero-order valence-electron chi connectivity index (χ0n) is 9.08. The van der Waals surface area contributed by atoms with Gasteiger partial charge in [-0.1, -0.05) is 6.92 Å². The number of fused-ring (bicyclic) bond motifs is 1. The molecule has 1 heterocycles. The molecular formula is C11H16O4. The number of hydrogen-bond donors (Lipinski definition) is 1. The summed E-state index contributed by atoms with van der Waals surface area (Å²) in [7, 11) is 0. The molecule has 0 radical (unpaired) electrons. The summed E-state index contributed by atoms with van der Waals surface area (Å²) in [4.78, 5) is 22.1. The molecule has 4 heteroatoms. The average molecular weight is 212 g/mol. The van der Waals surface area contributed by atoms with E-state index in [9.17, 15) is 9.59 Å². The highest BCUT2D eigenvalue weighted by Crippen LogP contribution is 2.59. The summed E-state index contributed by atoms with van der Waals surface area (Å²) in [5.74, 6) is -0.911. The van der Waals surface area contributed by atoms with E-state index in [4.69, 9.17) is 9.84 Å². The van der Waals surface area contributed by atoms with Crippen molar-refractivity contribution in [3.63, 3.8) is 0 Å². The first-order valence-electron chi connectivity index (χ1n) is 5.31. The zero-order chi connectivity index (χ0) is 11.3. The number of carbonyl (C=O) groups excluding carboxylic acids is 1. The molecule has 4 nitrogen and oxygen atoms in total. The Kier molecular flexibility index (Phi) is 2.07. The van der Waals surface area contributed by atoms with Gasteiger partial charge in [0.15, 0.2) is 0 Å². The second-order valence-corrected chi connectivity index (χ2v) is 5.13. The monoisotopic (exact) mass is 212 g/mol. The van der Waals surface area contributed by atoms with E-state index in [2.05, 4.69) is 0 Å². The Morgan fingerprint density at radius 1 is 1.60 bits per heavy atom. The van der Waals surface area contributed by atoms with Crippen LogP contribution in [0.2, 0.25) is 0 Å². The number of ether oxygens (including phenoxy) is 1. The van der Waals surface area contributed by atoms with Gasteiger partial charge >= 0.3 is 11.9 Å². The highest BCUT2D eigenvalue weighted by molar-refractivity contribution is 5.75. The van der Waals surface area contributed by atoms with E-state index in [0.717, 1.165) is 12.8 Å². The first kappa shape index (κ1) is 10.5. The predicted octanol–water partition coefficient (Wildman–Crippen LogP) is 1.58. The maximum Gasteiger partial charge on any atom is 0.307 e. The lowest BCUT2D eigenvalue weighted by Crippen LogP contribution is -2.39. The summed E-state index contributed by atoms with van der Waals surface area (Å²) in [5, 5.41) is 8.83. The summed E-state index contributed by atoms with van der Waals surface area (Å²) in [6, 6.07) is 0. The van der Waals surface area contributed by atoms with Gasteiger partial charge in [0.1, 0.15) is 5.60 Å². The summed E-state index contributed by atoms with van der Waals surface area (Å²) >= 11 is 0. The van der Waals surface area contributed by atoms with E-state index in [-0.39, 0.29) is 23.7 Å². The average Bonchev–Trinajstić information content (AvgIpc) is 2.42. The lowest BCUT2D eigenvalue weighted by Gasteiger charge is -2.35. The van der Waals surface area contributed by atoms with Crippen LogP contribution in [0, 0.1) is 11.3 Å². The largest absolute Gasteiger partial charge is 0.481 e. The zero-order valence-corrected chi connectivity index (χ0v) is 9.08. The van der Waals surface area contributed by atoms with Crippen LogP contribution in [0.25, 0.3) is 0 Å². The van der Waals surface area contributed by atoms with E-state index in [0.29, 0.717) is 6.42 Å². The highest BCUT2D eigenvalue weighted by Gasteiger charge is 2.62. The molecule has 1 N–H and O–H groups in total. The molecule has 0 unspecified atom stereocenters. The molecule has 1 saturated carbocycles. The quantitative estimate of drug-likeness (QED) is 0.706. The minimum Gasteiger partial charge on any atom is -0.481 e. The SMILES string of the molecule is C[C@@]12CC[C@H](CC(=O)O)[C@@]1(C)CC(=O)O2. The number of aliphatic carboxylic acids is 1. The van der Waals surface area contributed by atoms with Crippen molar-refractivity contribution >= 4 is 11.9 Å². The lowest BCUT2D eigenvalue weighted by atomic mass is 9.70. The molecule has 2 aliphatic rings. The standard InChI is InChI=1S/C11H16O4/c1-10-6-9(14)15-11(10,2)4-3-7(10)5-8(12)13/h7H,3-6H2,1-2H3,(H,12,13)/t7-,10-,11-/m1/s1. The van der Waals surface area contributed by atoms with Gasteiger partial charge in [0, 0.05) is 11.8 Å². The number of rotatable bonds is 2. The summed E-state index contributed by atoms with van der Waals surface area (Å²) in [6.45, 7) is 3.91. The molecule has 0 spiro atoms. The van der Waals surface area contributed by atoms with Crippen molar-refractivity contribution in [3.8, 4) is 0 Å². The molecule has 3 atom stereocenters. The first-order valence-corrected chi connectivity index (χ1v) is 5.31. The van der Waals surface area contributed by atoms with Crippen LogP contribution in [0.3, 0.4) is 0 Å². The van der Waals surface area contributed by atoms with Crippen molar-refractivity contribution in [3.05, 3.63) is 0 Å². The third-order valence-electron chi connectivity index (χ3n) is 4.35. The first-order chi connectivity index (χ1) is 6.87. The maximum absolute atomic E-state index is 11.3. The van der Waals surface area contributed by atoms with Crippen LogP contribution < -0.4 is 0 Å². The van der Waals surface area contributed by atoms with Crippen LogP contribution in [-0.2, 0) is 14.3 Å². The molecule has 0 bridgehead atoms. The molecule has 0 aromatic heterocycles. The Morgan fingerprint density at radius 2 is 2.27 bits per heavy atom. The number of hydrogen-bond acceptors (Lipinski definition) is 3. The Balaban J connectivity index is 2.25. The smallest absolute Gasteiger partial charge is 0.307 e. The predicted molar refractivity (Wildman–Crippen MR) is 52.2 cm³/mol. The van der Waals surface area contributed by atoms with Gasteiger partial charge < -0.3 is 9.84 Å². The second-order valence-electron chi connectivity index (χ2n) is 5.13. The van der Waals surface area contributed by atoms with Gasteiger partial charge in [0.05, 0.1) is 6.42 Å². The third kappa shape index (κ3) is 1.34. The second kappa shape index (κ2) is 2.97. The van der Waals surface area contributed by atoms with E-state index >= 15 is 0 Å². The fourth-order valence-electron chi connectivity index (χ4n) is 3.11. The molecule has 15 heavy (non-hydrogen) atoms. The van der Waals surface area contributed by atoms with Crippen molar-refractivity contribution < 1.29 is 19.4 Å². The summed E-state index contributed by atoms with van der Waals surface area (Å²) in [6.07, 6.45) is 2.13. The van der Waals surface area contributed by atoms with Crippen molar-refractivity contribution in [2.75, 3.05) is 0 Å². The van der Waals surface area contributed by atoms with Crippen LogP contribution in [0.1, 0.15) is 39.5 Å².